The predicted octanol–water partition coefficient (Wildman–Crippen LogP) is 6.19. The van der Waals surface area contributed by atoms with E-state index in [-0.39, 0.29) is 23.7 Å². The first-order valence-corrected chi connectivity index (χ1v) is 13.2. The van der Waals surface area contributed by atoms with E-state index in [1.54, 1.807) is 12.1 Å². The van der Waals surface area contributed by atoms with Crippen molar-refractivity contribution in [2.45, 2.75) is 32.1 Å². The quantitative estimate of drug-likeness (QED) is 0.348. The summed E-state index contributed by atoms with van der Waals surface area (Å²) in [7, 11) is 0. The minimum Gasteiger partial charge on any atom is -0.352 e. The molecule has 0 fully saturated rings. The lowest BCUT2D eigenvalue weighted by Crippen LogP contribution is -2.47. The molecule has 3 aliphatic rings. The molecule has 0 saturated heterocycles. The van der Waals surface area contributed by atoms with Crippen LogP contribution in [0.5, 0.6) is 0 Å². The number of nitrogens with one attached hydrogen (secondary N) is 2. The highest BCUT2D eigenvalue weighted by Crippen LogP contribution is 2.61. The molecule has 1 heterocycles. The lowest BCUT2D eigenvalue weighted by atomic mass is 9.52. The van der Waals surface area contributed by atoms with Crippen molar-refractivity contribution in [3.05, 3.63) is 106 Å². The summed E-state index contributed by atoms with van der Waals surface area (Å²) in [4.78, 5) is 30.6. The van der Waals surface area contributed by atoms with Crippen LogP contribution in [0.3, 0.4) is 0 Å². The number of amides is 2. The fraction of sp³-hybridized carbons (Fsp3) is 0.233. The molecule has 3 aromatic carbocycles. The van der Waals surface area contributed by atoms with Crippen LogP contribution in [0.25, 0.3) is 11.3 Å². The Balaban J connectivity index is 1.26. The zero-order valence-electron chi connectivity index (χ0n) is 20.2. The number of aromatic nitrogens is 1. The molecule has 1 atom stereocenters. The highest BCUT2D eigenvalue weighted by atomic mass is 32.1. The molecule has 2 amide bonds. The van der Waals surface area contributed by atoms with Gasteiger partial charge in [-0.1, -0.05) is 60.7 Å². The second-order valence-corrected chi connectivity index (χ2v) is 10.7. The van der Waals surface area contributed by atoms with E-state index in [9.17, 15) is 9.59 Å². The first-order chi connectivity index (χ1) is 17.5. The molecule has 2 bridgehead atoms. The second-order valence-electron chi connectivity index (χ2n) is 9.79. The number of rotatable bonds is 5. The number of hydrogen-bond acceptors (Lipinski definition) is 4. The number of anilines is 1. The van der Waals surface area contributed by atoms with Crippen LogP contribution in [0.4, 0.5) is 5.13 Å². The van der Waals surface area contributed by atoms with E-state index < -0.39 is 5.41 Å². The Kier molecular flexibility index (Phi) is 5.49. The van der Waals surface area contributed by atoms with Gasteiger partial charge in [-0.15, -0.1) is 11.3 Å². The number of benzene rings is 3. The van der Waals surface area contributed by atoms with E-state index in [4.69, 9.17) is 4.98 Å². The van der Waals surface area contributed by atoms with E-state index in [1.165, 1.54) is 33.6 Å². The zero-order valence-corrected chi connectivity index (χ0v) is 21.1. The van der Waals surface area contributed by atoms with Gasteiger partial charge in [0, 0.05) is 34.9 Å². The van der Waals surface area contributed by atoms with Crippen molar-refractivity contribution in [2.75, 3.05) is 11.9 Å². The molecule has 180 valence electrons. The maximum absolute atomic E-state index is 13.8. The highest BCUT2D eigenvalue weighted by molar-refractivity contribution is 7.14. The van der Waals surface area contributed by atoms with Crippen LogP contribution in [-0.2, 0) is 4.79 Å². The standard InChI is InChI=1S/C30H27N3O2S/c1-3-31-27(34)19-14-12-18(13-15-19)25-17-36-29(32-25)33-28(35)30(2)16-24-20-8-4-6-10-22(20)26(30)23-11-7-5-9-21(23)24/h4-15,17,24,26H,3,16H2,1-2H3,(H,31,34)(H,32,33,35). The molecule has 0 radical (unpaired) electrons. The first kappa shape index (κ1) is 22.7. The molecule has 7 rings (SSSR count). The summed E-state index contributed by atoms with van der Waals surface area (Å²) in [5.74, 6) is 0.145. The number of hydrogen-bond donors (Lipinski definition) is 2. The summed E-state index contributed by atoms with van der Waals surface area (Å²) in [5.41, 5.74) is 6.94. The topological polar surface area (TPSA) is 71.1 Å². The Labute approximate surface area is 214 Å². The monoisotopic (exact) mass is 493 g/mol. The van der Waals surface area contributed by atoms with Crippen LogP contribution >= 0.6 is 11.3 Å². The van der Waals surface area contributed by atoms with E-state index in [0.717, 1.165) is 17.7 Å². The summed E-state index contributed by atoms with van der Waals surface area (Å²) in [5, 5.41) is 8.48. The van der Waals surface area contributed by atoms with Gasteiger partial charge < -0.3 is 10.6 Å². The number of carbonyl (C=O) groups excluding carboxylic acids is 2. The van der Waals surface area contributed by atoms with Crippen LogP contribution in [0.1, 0.15) is 64.7 Å². The van der Waals surface area contributed by atoms with Crippen molar-refractivity contribution in [3.8, 4) is 11.3 Å². The van der Waals surface area contributed by atoms with Crippen molar-refractivity contribution < 1.29 is 9.59 Å². The van der Waals surface area contributed by atoms with Gasteiger partial charge in [0.2, 0.25) is 5.91 Å². The van der Waals surface area contributed by atoms with Crippen molar-refractivity contribution in [1.29, 1.82) is 0 Å². The molecule has 36 heavy (non-hydrogen) atoms. The highest BCUT2D eigenvalue weighted by Gasteiger charge is 2.53. The zero-order chi connectivity index (χ0) is 24.9. The Morgan fingerprint density at radius 2 is 1.56 bits per heavy atom. The van der Waals surface area contributed by atoms with Gasteiger partial charge in [0.15, 0.2) is 5.13 Å². The molecule has 0 saturated carbocycles. The van der Waals surface area contributed by atoms with E-state index in [2.05, 4.69) is 66.1 Å². The van der Waals surface area contributed by atoms with Crippen molar-refractivity contribution >= 4 is 28.3 Å². The van der Waals surface area contributed by atoms with Crippen LogP contribution in [-0.4, -0.2) is 23.3 Å². The minimum absolute atomic E-state index is 0.00832. The largest absolute Gasteiger partial charge is 0.352 e. The third-order valence-electron chi connectivity index (χ3n) is 7.65. The average molecular weight is 494 g/mol. The number of carbonyl (C=O) groups is 2. The molecule has 2 N–H and O–H groups in total. The van der Waals surface area contributed by atoms with Gasteiger partial charge in [-0.3, -0.25) is 9.59 Å². The van der Waals surface area contributed by atoms with E-state index in [1.807, 2.05) is 24.4 Å². The van der Waals surface area contributed by atoms with Gasteiger partial charge in [-0.25, -0.2) is 4.98 Å². The molecule has 1 aromatic heterocycles. The number of nitrogens with zero attached hydrogens (tertiary/aromatic N) is 1. The van der Waals surface area contributed by atoms with Crippen LogP contribution < -0.4 is 10.6 Å². The van der Waals surface area contributed by atoms with Gasteiger partial charge in [-0.05, 0) is 54.7 Å². The summed E-state index contributed by atoms with van der Waals surface area (Å²) >= 11 is 1.42. The summed E-state index contributed by atoms with van der Waals surface area (Å²) in [6.45, 7) is 4.58. The molecule has 6 heteroatoms. The van der Waals surface area contributed by atoms with Crippen molar-refractivity contribution in [3.63, 3.8) is 0 Å². The van der Waals surface area contributed by atoms with Crippen LogP contribution in [0, 0.1) is 5.41 Å². The SMILES string of the molecule is CCNC(=O)c1ccc(-c2csc(NC(=O)C3(C)CC4c5ccccc5C3c3ccccc34)n2)cc1. The fourth-order valence-electron chi connectivity index (χ4n) is 5.95. The van der Waals surface area contributed by atoms with Gasteiger partial charge in [0.05, 0.1) is 11.1 Å². The van der Waals surface area contributed by atoms with E-state index in [0.29, 0.717) is 17.2 Å². The molecular weight excluding hydrogens is 466 g/mol. The van der Waals surface area contributed by atoms with Crippen molar-refractivity contribution in [1.82, 2.24) is 10.3 Å². The first-order valence-electron chi connectivity index (χ1n) is 12.3. The Morgan fingerprint density at radius 1 is 0.944 bits per heavy atom. The summed E-state index contributed by atoms with van der Waals surface area (Å²) in [6.07, 6.45) is 0.775. The second kappa shape index (κ2) is 8.71. The molecule has 0 aliphatic heterocycles. The molecule has 4 aromatic rings. The number of thiazole rings is 1. The molecule has 3 aliphatic carbocycles. The lowest BCUT2D eigenvalue weighted by molar-refractivity contribution is -0.126. The number of fused-ring (bicyclic) bond motifs is 1. The van der Waals surface area contributed by atoms with Crippen LogP contribution in [0.2, 0.25) is 0 Å². The van der Waals surface area contributed by atoms with Gasteiger partial charge in [0.25, 0.3) is 5.91 Å². The average Bonchev–Trinajstić information content (AvgIpc) is 3.37. The lowest BCUT2D eigenvalue weighted by Gasteiger charge is -2.50. The van der Waals surface area contributed by atoms with Gasteiger partial charge in [-0.2, -0.15) is 0 Å². The van der Waals surface area contributed by atoms with Crippen molar-refractivity contribution in [2.24, 2.45) is 5.41 Å². The van der Waals surface area contributed by atoms with Gasteiger partial charge >= 0.3 is 0 Å². The Bertz CT molecular complexity index is 1430. The van der Waals surface area contributed by atoms with E-state index >= 15 is 0 Å². The summed E-state index contributed by atoms with van der Waals surface area (Å²) in [6, 6.07) is 24.5. The van der Waals surface area contributed by atoms with Gasteiger partial charge in [0.1, 0.15) is 0 Å². The molecule has 0 spiro atoms. The smallest absolute Gasteiger partial charge is 0.251 e. The minimum atomic E-state index is -0.576. The Hall–Kier alpha value is -3.77. The van der Waals surface area contributed by atoms with Crippen LogP contribution in [0.15, 0.2) is 78.2 Å². The molecule has 1 unspecified atom stereocenters. The third-order valence-corrected chi connectivity index (χ3v) is 8.41. The fourth-order valence-corrected chi connectivity index (χ4v) is 6.66. The molecule has 5 nitrogen and oxygen atoms in total. The normalized spacial score (nSPS) is 21.4. The maximum atomic E-state index is 13.8. The third kappa shape index (κ3) is 3.56. The summed E-state index contributed by atoms with van der Waals surface area (Å²) < 4.78 is 0. The molecular formula is C30H27N3O2S. The Morgan fingerprint density at radius 3 is 2.17 bits per heavy atom. The predicted molar refractivity (Wildman–Crippen MR) is 143 cm³/mol. The maximum Gasteiger partial charge on any atom is 0.251 e.